The normalized spacial score (nSPS) is 32.1. The molecule has 0 amide bonds. The number of aliphatic hydroxyl groups is 1. The van der Waals surface area contributed by atoms with Gasteiger partial charge in [-0.25, -0.2) is 0 Å². The lowest BCUT2D eigenvalue weighted by atomic mass is 9.68. The highest BCUT2D eigenvalue weighted by atomic mass is 16.3. The van der Waals surface area contributed by atoms with Gasteiger partial charge in [-0.15, -0.1) is 0 Å². The Bertz CT molecular complexity index is 591. The first-order valence-electron chi connectivity index (χ1n) is 7.27. The molecule has 0 unspecified atom stereocenters. The lowest BCUT2D eigenvalue weighted by Crippen LogP contribution is -2.37. The van der Waals surface area contributed by atoms with Gasteiger partial charge in [-0.1, -0.05) is 12.5 Å². The first kappa shape index (κ1) is 13.4. The van der Waals surface area contributed by atoms with E-state index in [0.29, 0.717) is 5.76 Å². The van der Waals surface area contributed by atoms with E-state index >= 15 is 0 Å². The van der Waals surface area contributed by atoms with Crippen molar-refractivity contribution >= 4 is 11.9 Å². The first-order valence-corrected chi connectivity index (χ1v) is 7.27. The fourth-order valence-electron chi connectivity index (χ4n) is 3.49. The summed E-state index contributed by atoms with van der Waals surface area (Å²) in [5, 5.41) is 10.2. The number of rotatable bonds is 1. The van der Waals surface area contributed by atoms with E-state index in [0.717, 1.165) is 36.2 Å². The Labute approximate surface area is 119 Å². The summed E-state index contributed by atoms with van der Waals surface area (Å²) in [7, 11) is 0. The molecular formula is C17H20O3. The predicted octanol–water partition coefficient (Wildman–Crippen LogP) is 3.28. The Morgan fingerprint density at radius 3 is 2.90 bits per heavy atom. The largest absolute Gasteiger partial charge is 0.462 e. The van der Waals surface area contributed by atoms with Gasteiger partial charge in [0.2, 0.25) is 0 Å². The quantitative estimate of drug-likeness (QED) is 0.798. The number of furan rings is 1. The Morgan fingerprint density at radius 1 is 1.40 bits per heavy atom. The van der Waals surface area contributed by atoms with Crippen LogP contribution in [0.4, 0.5) is 0 Å². The van der Waals surface area contributed by atoms with Gasteiger partial charge in [0, 0.05) is 11.5 Å². The Hall–Kier alpha value is -1.61. The van der Waals surface area contributed by atoms with Gasteiger partial charge in [0.15, 0.2) is 5.78 Å². The Balaban J connectivity index is 1.98. The summed E-state index contributed by atoms with van der Waals surface area (Å²) in [4.78, 5) is 12.3. The zero-order valence-corrected chi connectivity index (χ0v) is 11.9. The molecule has 20 heavy (non-hydrogen) atoms. The molecule has 1 saturated carbocycles. The fraction of sp³-hybridized carbons (Fsp3) is 0.471. The average molecular weight is 272 g/mol. The molecular weight excluding hydrogens is 252 g/mol. The Kier molecular flexibility index (Phi) is 3.38. The molecule has 0 radical (unpaired) electrons. The second-order valence-electron chi connectivity index (χ2n) is 5.91. The van der Waals surface area contributed by atoms with Crippen LogP contribution in [0.25, 0.3) is 6.08 Å². The summed E-state index contributed by atoms with van der Waals surface area (Å²) in [6.45, 7) is 3.92. The average Bonchev–Trinajstić information content (AvgIpc) is 2.80. The molecule has 2 aliphatic carbocycles. The van der Waals surface area contributed by atoms with Crippen LogP contribution in [0.1, 0.15) is 37.7 Å². The fourth-order valence-corrected chi connectivity index (χ4v) is 3.49. The van der Waals surface area contributed by atoms with E-state index in [2.05, 4.69) is 0 Å². The maximum atomic E-state index is 12.3. The van der Waals surface area contributed by atoms with Crippen molar-refractivity contribution in [2.45, 2.75) is 39.2 Å². The maximum absolute atomic E-state index is 12.3. The number of aliphatic hydroxyl groups excluding tert-OH is 1. The summed E-state index contributed by atoms with van der Waals surface area (Å²) in [6.07, 6.45) is 5.96. The molecule has 1 aromatic heterocycles. The topological polar surface area (TPSA) is 50.4 Å². The van der Waals surface area contributed by atoms with Gasteiger partial charge in [-0.3, -0.25) is 4.79 Å². The van der Waals surface area contributed by atoms with Crippen LogP contribution in [-0.2, 0) is 4.79 Å². The molecule has 0 aliphatic heterocycles. The summed E-state index contributed by atoms with van der Waals surface area (Å²) < 4.78 is 5.53. The predicted molar refractivity (Wildman–Crippen MR) is 77.0 cm³/mol. The monoisotopic (exact) mass is 272 g/mol. The molecule has 0 bridgehead atoms. The number of allylic oxidation sites excluding steroid dienone is 2. The SMILES string of the molecule is Cc1ccc(/C=C2/C(=O)C=C3CCC[C@H](O)[C@H]3[C@@H]2C)o1. The standard InChI is InChI=1S/C17H20O3/c1-10-6-7-13(20-10)9-14-11(2)17-12(8-16(14)19)4-3-5-15(17)18/h6-9,11,15,17-18H,3-5H2,1-2H3/b14-9+/t11-,15+,17+/m1/s1. The highest BCUT2D eigenvalue weighted by Crippen LogP contribution is 2.42. The third-order valence-electron chi connectivity index (χ3n) is 4.50. The van der Waals surface area contributed by atoms with Crippen molar-refractivity contribution in [3.8, 4) is 0 Å². The van der Waals surface area contributed by atoms with Crippen molar-refractivity contribution in [3.63, 3.8) is 0 Å². The van der Waals surface area contributed by atoms with Crippen molar-refractivity contribution in [3.05, 3.63) is 40.9 Å². The maximum Gasteiger partial charge on any atom is 0.182 e. The molecule has 1 N–H and O–H groups in total. The summed E-state index contributed by atoms with van der Waals surface area (Å²) in [6, 6.07) is 3.76. The van der Waals surface area contributed by atoms with Crippen LogP contribution in [0.2, 0.25) is 0 Å². The second-order valence-corrected chi connectivity index (χ2v) is 5.91. The Morgan fingerprint density at radius 2 is 2.20 bits per heavy atom. The lowest BCUT2D eigenvalue weighted by molar-refractivity contribution is -0.112. The van der Waals surface area contributed by atoms with E-state index in [4.69, 9.17) is 4.42 Å². The number of carbonyl (C=O) groups excluding carboxylic acids is 1. The van der Waals surface area contributed by atoms with Crippen LogP contribution >= 0.6 is 0 Å². The van der Waals surface area contributed by atoms with Crippen molar-refractivity contribution in [1.29, 1.82) is 0 Å². The molecule has 3 heteroatoms. The minimum absolute atomic E-state index is 0.0446. The van der Waals surface area contributed by atoms with Crippen molar-refractivity contribution < 1.29 is 14.3 Å². The molecule has 3 atom stereocenters. The van der Waals surface area contributed by atoms with Gasteiger partial charge in [0.25, 0.3) is 0 Å². The van der Waals surface area contributed by atoms with Crippen LogP contribution in [0.3, 0.4) is 0 Å². The van der Waals surface area contributed by atoms with Crippen LogP contribution in [0.15, 0.2) is 33.8 Å². The van der Waals surface area contributed by atoms with E-state index < -0.39 is 0 Å². The van der Waals surface area contributed by atoms with Crippen LogP contribution < -0.4 is 0 Å². The van der Waals surface area contributed by atoms with Gasteiger partial charge in [-0.05, 0) is 56.4 Å². The molecule has 1 heterocycles. The van der Waals surface area contributed by atoms with Crippen molar-refractivity contribution in [1.82, 2.24) is 0 Å². The zero-order chi connectivity index (χ0) is 14.3. The van der Waals surface area contributed by atoms with E-state index in [-0.39, 0.29) is 23.7 Å². The van der Waals surface area contributed by atoms with E-state index in [1.165, 1.54) is 0 Å². The smallest absolute Gasteiger partial charge is 0.182 e. The number of hydrogen-bond donors (Lipinski definition) is 1. The van der Waals surface area contributed by atoms with Crippen LogP contribution in [-0.4, -0.2) is 17.0 Å². The molecule has 3 nitrogen and oxygen atoms in total. The highest BCUT2D eigenvalue weighted by molar-refractivity contribution is 6.08. The van der Waals surface area contributed by atoms with E-state index in [1.54, 1.807) is 6.08 Å². The van der Waals surface area contributed by atoms with Crippen LogP contribution in [0.5, 0.6) is 0 Å². The highest BCUT2D eigenvalue weighted by Gasteiger charge is 2.38. The van der Waals surface area contributed by atoms with Crippen molar-refractivity contribution in [2.75, 3.05) is 0 Å². The molecule has 1 aromatic rings. The molecule has 0 spiro atoms. The minimum Gasteiger partial charge on any atom is -0.462 e. The first-order chi connectivity index (χ1) is 9.56. The van der Waals surface area contributed by atoms with Gasteiger partial charge in [0.05, 0.1) is 6.10 Å². The van der Waals surface area contributed by atoms with Crippen LogP contribution in [0, 0.1) is 18.8 Å². The third-order valence-corrected chi connectivity index (χ3v) is 4.50. The molecule has 0 aromatic carbocycles. The van der Waals surface area contributed by atoms with Crippen molar-refractivity contribution in [2.24, 2.45) is 11.8 Å². The zero-order valence-electron chi connectivity index (χ0n) is 11.9. The molecule has 2 aliphatic rings. The van der Waals surface area contributed by atoms with Gasteiger partial charge >= 0.3 is 0 Å². The minimum atomic E-state index is -0.333. The molecule has 0 saturated heterocycles. The van der Waals surface area contributed by atoms with Gasteiger partial charge < -0.3 is 9.52 Å². The van der Waals surface area contributed by atoms with E-state index in [1.807, 2.05) is 32.1 Å². The number of ketones is 1. The summed E-state index contributed by atoms with van der Waals surface area (Å²) >= 11 is 0. The number of carbonyl (C=O) groups is 1. The van der Waals surface area contributed by atoms with Gasteiger partial charge in [0.1, 0.15) is 11.5 Å². The number of fused-ring (bicyclic) bond motifs is 1. The second kappa shape index (κ2) is 5.06. The third kappa shape index (κ3) is 2.27. The molecule has 3 rings (SSSR count). The summed E-state index contributed by atoms with van der Waals surface area (Å²) in [5.41, 5.74) is 1.86. The molecule has 1 fully saturated rings. The summed E-state index contributed by atoms with van der Waals surface area (Å²) in [5.74, 6) is 1.74. The lowest BCUT2D eigenvalue weighted by Gasteiger charge is -2.38. The number of hydrogen-bond acceptors (Lipinski definition) is 3. The molecule has 106 valence electrons. The van der Waals surface area contributed by atoms with E-state index in [9.17, 15) is 9.90 Å². The number of aryl methyl sites for hydroxylation is 1. The van der Waals surface area contributed by atoms with Gasteiger partial charge in [-0.2, -0.15) is 0 Å².